The van der Waals surface area contributed by atoms with E-state index in [1.54, 1.807) is 19.2 Å². The van der Waals surface area contributed by atoms with E-state index in [1.165, 1.54) is 4.90 Å². The van der Waals surface area contributed by atoms with Crippen molar-refractivity contribution in [3.05, 3.63) is 41.6 Å². The summed E-state index contributed by atoms with van der Waals surface area (Å²) >= 11 is 0. The van der Waals surface area contributed by atoms with Crippen LogP contribution in [0.15, 0.2) is 30.5 Å². The van der Waals surface area contributed by atoms with Crippen molar-refractivity contribution in [1.29, 1.82) is 0 Å². The van der Waals surface area contributed by atoms with Crippen molar-refractivity contribution in [2.24, 2.45) is 0 Å². The summed E-state index contributed by atoms with van der Waals surface area (Å²) in [5.74, 6) is -0.220. The van der Waals surface area contributed by atoms with Gasteiger partial charge in [0.2, 0.25) is 0 Å². The molecule has 4 nitrogen and oxygen atoms in total. The van der Waals surface area contributed by atoms with Gasteiger partial charge in [-0.05, 0) is 25.0 Å². The number of hydrogen-bond donors (Lipinski definition) is 0. The SMILES string of the molecule is CCCCCOc1ncc(C(F)(F)F)c(N(C)c2ccccc2C)n1. The average molecular weight is 353 g/mol. The number of nitrogens with zero attached hydrogens (tertiary/aromatic N) is 3. The maximum atomic E-state index is 13.4. The number of halogens is 3. The third-order valence-electron chi connectivity index (χ3n) is 3.83. The zero-order chi connectivity index (χ0) is 18.4. The second-order valence-electron chi connectivity index (χ2n) is 5.79. The Kier molecular flexibility index (Phi) is 6.22. The maximum Gasteiger partial charge on any atom is 0.421 e. The Morgan fingerprint density at radius 3 is 2.52 bits per heavy atom. The first-order chi connectivity index (χ1) is 11.8. The fourth-order valence-electron chi connectivity index (χ4n) is 2.45. The summed E-state index contributed by atoms with van der Waals surface area (Å²) in [6.07, 6.45) is -0.946. The van der Waals surface area contributed by atoms with Crippen LogP contribution in [0.4, 0.5) is 24.7 Å². The van der Waals surface area contributed by atoms with Crippen molar-refractivity contribution in [3.8, 4) is 6.01 Å². The Morgan fingerprint density at radius 2 is 1.88 bits per heavy atom. The Hall–Kier alpha value is -2.31. The summed E-state index contributed by atoms with van der Waals surface area (Å²) in [6.45, 7) is 4.28. The molecular formula is C18H22F3N3O. The van der Waals surface area contributed by atoms with Crippen molar-refractivity contribution in [1.82, 2.24) is 9.97 Å². The zero-order valence-corrected chi connectivity index (χ0v) is 14.6. The van der Waals surface area contributed by atoms with Crippen LogP contribution in [0.5, 0.6) is 6.01 Å². The Morgan fingerprint density at radius 1 is 1.16 bits per heavy atom. The molecule has 1 heterocycles. The molecule has 0 spiro atoms. The third-order valence-corrected chi connectivity index (χ3v) is 3.83. The van der Waals surface area contributed by atoms with Crippen molar-refractivity contribution in [3.63, 3.8) is 0 Å². The lowest BCUT2D eigenvalue weighted by Crippen LogP contribution is -2.20. The number of anilines is 2. The standard InChI is InChI=1S/C18H22F3N3O/c1-4-5-8-11-25-17-22-12-14(18(19,20)21)16(23-17)24(3)15-10-7-6-9-13(15)2/h6-7,9-10,12H,4-5,8,11H2,1-3H3. The van der Waals surface area contributed by atoms with Crippen molar-refractivity contribution >= 4 is 11.5 Å². The predicted molar refractivity (Wildman–Crippen MR) is 91.3 cm³/mol. The summed E-state index contributed by atoms with van der Waals surface area (Å²) in [4.78, 5) is 9.16. The van der Waals surface area contributed by atoms with Gasteiger partial charge >= 0.3 is 12.2 Å². The molecule has 1 aromatic carbocycles. The van der Waals surface area contributed by atoms with Crippen LogP contribution in [0, 0.1) is 6.92 Å². The zero-order valence-electron chi connectivity index (χ0n) is 14.6. The van der Waals surface area contributed by atoms with Crippen LogP contribution in [-0.2, 0) is 6.18 Å². The van der Waals surface area contributed by atoms with Gasteiger partial charge in [0.25, 0.3) is 0 Å². The van der Waals surface area contributed by atoms with Gasteiger partial charge in [-0.25, -0.2) is 4.98 Å². The Labute approximate surface area is 145 Å². The lowest BCUT2D eigenvalue weighted by Gasteiger charge is -2.24. The van der Waals surface area contributed by atoms with Crippen LogP contribution < -0.4 is 9.64 Å². The maximum absolute atomic E-state index is 13.4. The van der Waals surface area contributed by atoms with Gasteiger partial charge in [-0.15, -0.1) is 0 Å². The van der Waals surface area contributed by atoms with Gasteiger partial charge in [0.1, 0.15) is 5.56 Å². The van der Waals surface area contributed by atoms with Crippen LogP contribution in [0.2, 0.25) is 0 Å². The highest BCUT2D eigenvalue weighted by Gasteiger charge is 2.37. The highest BCUT2D eigenvalue weighted by Crippen LogP contribution is 2.38. The van der Waals surface area contributed by atoms with Crippen molar-refractivity contribution in [2.45, 2.75) is 39.3 Å². The normalized spacial score (nSPS) is 11.4. The van der Waals surface area contributed by atoms with Crippen molar-refractivity contribution < 1.29 is 17.9 Å². The van der Waals surface area contributed by atoms with Crippen LogP contribution in [0.25, 0.3) is 0 Å². The van der Waals surface area contributed by atoms with Gasteiger partial charge in [0, 0.05) is 18.9 Å². The Bertz CT molecular complexity index is 704. The van der Waals surface area contributed by atoms with Gasteiger partial charge in [-0.2, -0.15) is 18.2 Å². The summed E-state index contributed by atoms with van der Waals surface area (Å²) in [7, 11) is 1.56. The molecule has 1 aromatic heterocycles. The highest BCUT2D eigenvalue weighted by molar-refractivity contribution is 5.65. The molecule has 0 atom stereocenters. The molecule has 2 rings (SSSR count). The van der Waals surface area contributed by atoms with E-state index in [9.17, 15) is 13.2 Å². The topological polar surface area (TPSA) is 38.2 Å². The first kappa shape index (κ1) is 19.0. The highest BCUT2D eigenvalue weighted by atomic mass is 19.4. The minimum Gasteiger partial charge on any atom is -0.463 e. The lowest BCUT2D eigenvalue weighted by atomic mass is 10.1. The smallest absolute Gasteiger partial charge is 0.421 e. The molecule has 7 heteroatoms. The van der Waals surface area contributed by atoms with E-state index in [0.29, 0.717) is 12.3 Å². The molecule has 0 amide bonds. The summed E-state index contributed by atoms with van der Waals surface area (Å²) in [5.41, 5.74) is 0.602. The van der Waals surface area contributed by atoms with E-state index >= 15 is 0 Å². The number of ether oxygens (including phenoxy) is 1. The second kappa shape index (κ2) is 8.18. The Balaban J connectivity index is 2.36. The number of hydrogen-bond acceptors (Lipinski definition) is 4. The minimum absolute atomic E-state index is 0.0421. The van der Waals surface area contributed by atoms with Crippen LogP contribution in [0.3, 0.4) is 0 Å². The van der Waals surface area contributed by atoms with E-state index in [1.807, 2.05) is 19.1 Å². The minimum atomic E-state index is -4.55. The second-order valence-corrected chi connectivity index (χ2v) is 5.79. The molecule has 0 unspecified atom stereocenters. The molecule has 0 bridgehead atoms. The lowest BCUT2D eigenvalue weighted by molar-refractivity contribution is -0.137. The predicted octanol–water partition coefficient (Wildman–Crippen LogP) is 5.14. The van der Waals surface area contributed by atoms with Crippen LogP contribution in [0.1, 0.15) is 37.3 Å². The van der Waals surface area contributed by atoms with E-state index in [0.717, 1.165) is 31.0 Å². The molecule has 25 heavy (non-hydrogen) atoms. The molecule has 0 aliphatic heterocycles. The summed E-state index contributed by atoms with van der Waals surface area (Å²) in [5, 5.41) is 0. The van der Waals surface area contributed by atoms with Crippen LogP contribution >= 0.6 is 0 Å². The molecule has 0 fully saturated rings. The van der Waals surface area contributed by atoms with Crippen molar-refractivity contribution in [2.75, 3.05) is 18.6 Å². The fourth-order valence-corrected chi connectivity index (χ4v) is 2.45. The number of aryl methyl sites for hydroxylation is 1. The molecule has 0 saturated heterocycles. The summed E-state index contributed by atoms with van der Waals surface area (Å²) in [6, 6.07) is 7.15. The molecule has 0 radical (unpaired) electrons. The number of aromatic nitrogens is 2. The van der Waals surface area contributed by atoms with Gasteiger partial charge in [0.05, 0.1) is 6.61 Å². The quantitative estimate of drug-likeness (QED) is 0.646. The third kappa shape index (κ3) is 4.84. The molecule has 0 aliphatic carbocycles. The first-order valence-corrected chi connectivity index (χ1v) is 8.21. The van der Waals surface area contributed by atoms with Gasteiger partial charge in [-0.1, -0.05) is 38.0 Å². The number of alkyl halides is 3. The number of rotatable bonds is 7. The van der Waals surface area contributed by atoms with E-state index in [4.69, 9.17) is 4.74 Å². The monoisotopic (exact) mass is 353 g/mol. The number of para-hydroxylation sites is 1. The number of benzene rings is 1. The van der Waals surface area contributed by atoms with E-state index in [-0.39, 0.29) is 11.8 Å². The first-order valence-electron chi connectivity index (χ1n) is 8.21. The number of unbranched alkanes of at least 4 members (excludes halogenated alkanes) is 2. The van der Waals surface area contributed by atoms with Gasteiger partial charge in [-0.3, -0.25) is 0 Å². The fraction of sp³-hybridized carbons (Fsp3) is 0.444. The largest absolute Gasteiger partial charge is 0.463 e. The van der Waals surface area contributed by atoms with E-state index in [2.05, 4.69) is 16.9 Å². The molecular weight excluding hydrogens is 331 g/mol. The molecule has 0 saturated carbocycles. The summed E-state index contributed by atoms with van der Waals surface area (Å²) < 4.78 is 45.5. The molecule has 0 N–H and O–H groups in total. The average Bonchev–Trinajstić information content (AvgIpc) is 2.57. The van der Waals surface area contributed by atoms with Gasteiger partial charge < -0.3 is 9.64 Å². The molecule has 0 aliphatic rings. The molecule has 136 valence electrons. The van der Waals surface area contributed by atoms with Crippen LogP contribution in [-0.4, -0.2) is 23.6 Å². The molecule has 2 aromatic rings. The van der Waals surface area contributed by atoms with E-state index < -0.39 is 11.7 Å². The van der Waals surface area contributed by atoms with Gasteiger partial charge in [0.15, 0.2) is 5.82 Å².